The number of nitrogens with one attached hydrogen (secondary N) is 3. The first-order chi connectivity index (χ1) is 13.2. The molecule has 3 rings (SSSR count). The van der Waals surface area contributed by atoms with Crippen molar-refractivity contribution in [1.82, 2.24) is 10.3 Å². The highest BCUT2D eigenvalue weighted by molar-refractivity contribution is 6.00. The van der Waals surface area contributed by atoms with Gasteiger partial charge < -0.3 is 16.0 Å². The molecule has 0 saturated carbocycles. The van der Waals surface area contributed by atoms with E-state index in [1.54, 1.807) is 48.8 Å². The third-order valence-corrected chi connectivity index (χ3v) is 3.86. The van der Waals surface area contributed by atoms with Crippen LogP contribution in [0.25, 0.3) is 0 Å². The van der Waals surface area contributed by atoms with E-state index in [-0.39, 0.29) is 11.9 Å². The minimum atomic E-state index is -0.338. The Hall–Kier alpha value is -3.67. The molecule has 3 N–H and O–H groups in total. The van der Waals surface area contributed by atoms with Gasteiger partial charge in [-0.3, -0.25) is 9.78 Å². The number of rotatable bonds is 6. The zero-order valence-corrected chi connectivity index (χ0v) is 14.7. The van der Waals surface area contributed by atoms with Crippen LogP contribution in [0.15, 0.2) is 79.1 Å². The van der Waals surface area contributed by atoms with E-state index in [0.29, 0.717) is 23.5 Å². The molecular formula is C21H20N4O2. The van der Waals surface area contributed by atoms with E-state index in [9.17, 15) is 9.59 Å². The highest BCUT2D eigenvalue weighted by Gasteiger charge is 2.07. The Morgan fingerprint density at radius 2 is 1.52 bits per heavy atom. The maximum absolute atomic E-state index is 12.2. The average Bonchev–Trinajstić information content (AvgIpc) is 2.70. The Morgan fingerprint density at radius 1 is 0.815 bits per heavy atom. The number of benzene rings is 2. The summed E-state index contributed by atoms with van der Waals surface area (Å²) in [5.74, 6) is -0.154. The van der Waals surface area contributed by atoms with Crippen LogP contribution in [0.2, 0.25) is 0 Å². The molecule has 0 bridgehead atoms. The molecule has 3 aromatic rings. The number of para-hydroxylation sites is 1. The van der Waals surface area contributed by atoms with Gasteiger partial charge in [-0.05, 0) is 54.4 Å². The van der Waals surface area contributed by atoms with E-state index in [4.69, 9.17) is 0 Å². The molecule has 1 heterocycles. The van der Waals surface area contributed by atoms with Crippen LogP contribution >= 0.6 is 0 Å². The van der Waals surface area contributed by atoms with Crippen molar-refractivity contribution in [1.29, 1.82) is 0 Å². The number of nitrogens with zero attached hydrogens (tertiary/aromatic N) is 1. The number of hydrogen-bond donors (Lipinski definition) is 3. The summed E-state index contributed by atoms with van der Waals surface area (Å²) >= 11 is 0. The smallest absolute Gasteiger partial charge is 0.323 e. The lowest BCUT2D eigenvalue weighted by atomic mass is 10.2. The number of urea groups is 1. The summed E-state index contributed by atoms with van der Waals surface area (Å²) in [5.41, 5.74) is 2.92. The fraction of sp³-hybridized carbons (Fsp3) is 0.0952. The van der Waals surface area contributed by atoms with Gasteiger partial charge in [-0.1, -0.05) is 24.3 Å². The molecule has 27 heavy (non-hydrogen) atoms. The molecule has 0 unspecified atom stereocenters. The Balaban J connectivity index is 1.47. The van der Waals surface area contributed by atoms with Crippen LogP contribution in [0.3, 0.4) is 0 Å². The third kappa shape index (κ3) is 5.67. The first-order valence-electron chi connectivity index (χ1n) is 8.61. The second-order valence-corrected chi connectivity index (χ2v) is 5.89. The number of aromatic nitrogens is 1. The Kier molecular flexibility index (Phi) is 6.14. The summed E-state index contributed by atoms with van der Waals surface area (Å²) in [6.07, 6.45) is 4.23. The molecule has 0 aliphatic rings. The summed E-state index contributed by atoms with van der Waals surface area (Å²) < 4.78 is 0. The highest BCUT2D eigenvalue weighted by atomic mass is 16.2. The van der Waals surface area contributed by atoms with Crippen molar-refractivity contribution in [3.05, 3.63) is 90.3 Å². The molecule has 0 radical (unpaired) electrons. The van der Waals surface area contributed by atoms with Crippen molar-refractivity contribution in [2.45, 2.75) is 6.42 Å². The van der Waals surface area contributed by atoms with E-state index in [2.05, 4.69) is 20.9 Å². The first-order valence-corrected chi connectivity index (χ1v) is 8.61. The van der Waals surface area contributed by atoms with Crippen molar-refractivity contribution >= 4 is 23.3 Å². The minimum absolute atomic E-state index is 0.154. The fourth-order valence-corrected chi connectivity index (χ4v) is 2.49. The van der Waals surface area contributed by atoms with Gasteiger partial charge in [0, 0.05) is 35.9 Å². The topological polar surface area (TPSA) is 83.1 Å². The summed E-state index contributed by atoms with van der Waals surface area (Å²) in [6.45, 7) is 0.532. The van der Waals surface area contributed by atoms with Crippen LogP contribution < -0.4 is 16.0 Å². The zero-order chi connectivity index (χ0) is 18.9. The van der Waals surface area contributed by atoms with Crippen molar-refractivity contribution in [2.75, 3.05) is 17.2 Å². The lowest BCUT2D eigenvalue weighted by Crippen LogP contribution is -2.25. The highest BCUT2D eigenvalue weighted by Crippen LogP contribution is 2.11. The Labute approximate surface area is 157 Å². The molecule has 6 nitrogen and oxygen atoms in total. The summed E-state index contributed by atoms with van der Waals surface area (Å²) in [7, 11) is 0. The first kappa shape index (κ1) is 18.1. The maximum atomic E-state index is 12.2. The SMILES string of the molecule is O=C(Nc1ccccc1)Nc1ccc(C(=O)NCCc2cccnc2)cc1. The van der Waals surface area contributed by atoms with E-state index in [1.807, 2.05) is 30.3 Å². The van der Waals surface area contributed by atoms with Gasteiger partial charge in [0.1, 0.15) is 0 Å². The summed E-state index contributed by atoms with van der Waals surface area (Å²) in [6, 6.07) is 19.4. The standard InChI is InChI=1S/C21H20N4O2/c26-20(23-14-12-16-5-4-13-22-15-16)17-8-10-19(11-9-17)25-21(27)24-18-6-2-1-3-7-18/h1-11,13,15H,12,14H2,(H,23,26)(H2,24,25,27). The van der Waals surface area contributed by atoms with Crippen molar-refractivity contribution in [3.63, 3.8) is 0 Å². The van der Waals surface area contributed by atoms with Gasteiger partial charge >= 0.3 is 6.03 Å². The molecule has 0 aliphatic carbocycles. The summed E-state index contributed by atoms with van der Waals surface area (Å²) in [5, 5.41) is 8.34. The average molecular weight is 360 g/mol. The number of hydrogen-bond acceptors (Lipinski definition) is 3. The number of carbonyl (C=O) groups is 2. The largest absolute Gasteiger partial charge is 0.352 e. The minimum Gasteiger partial charge on any atom is -0.352 e. The fourth-order valence-electron chi connectivity index (χ4n) is 2.49. The van der Waals surface area contributed by atoms with Gasteiger partial charge in [-0.2, -0.15) is 0 Å². The summed E-state index contributed by atoms with van der Waals surface area (Å²) in [4.78, 5) is 28.2. The lowest BCUT2D eigenvalue weighted by Gasteiger charge is -2.09. The third-order valence-electron chi connectivity index (χ3n) is 3.86. The number of pyridine rings is 1. The van der Waals surface area contributed by atoms with Crippen LogP contribution in [0.5, 0.6) is 0 Å². The maximum Gasteiger partial charge on any atom is 0.323 e. The predicted molar refractivity (Wildman–Crippen MR) is 106 cm³/mol. The van der Waals surface area contributed by atoms with Gasteiger partial charge in [0.15, 0.2) is 0 Å². The van der Waals surface area contributed by atoms with Crippen LogP contribution in [-0.4, -0.2) is 23.5 Å². The monoisotopic (exact) mass is 360 g/mol. The second-order valence-electron chi connectivity index (χ2n) is 5.89. The molecule has 1 aromatic heterocycles. The zero-order valence-electron chi connectivity index (χ0n) is 14.7. The molecule has 0 atom stereocenters. The molecule has 0 fully saturated rings. The van der Waals surface area contributed by atoms with Crippen molar-refractivity contribution in [2.24, 2.45) is 0 Å². The number of anilines is 2. The number of carbonyl (C=O) groups excluding carboxylic acids is 2. The lowest BCUT2D eigenvalue weighted by molar-refractivity contribution is 0.0954. The van der Waals surface area contributed by atoms with Gasteiger partial charge in [-0.25, -0.2) is 4.79 Å². The van der Waals surface area contributed by atoms with E-state index >= 15 is 0 Å². The molecule has 0 aliphatic heterocycles. The van der Waals surface area contributed by atoms with Crippen LogP contribution in [0.4, 0.5) is 16.2 Å². The van der Waals surface area contributed by atoms with Gasteiger partial charge in [0.25, 0.3) is 5.91 Å². The van der Waals surface area contributed by atoms with Gasteiger partial charge in [-0.15, -0.1) is 0 Å². The van der Waals surface area contributed by atoms with Crippen LogP contribution in [0.1, 0.15) is 15.9 Å². The Morgan fingerprint density at radius 3 is 2.19 bits per heavy atom. The second kappa shape index (κ2) is 9.15. The number of amides is 3. The van der Waals surface area contributed by atoms with Gasteiger partial charge in [0.2, 0.25) is 0 Å². The molecule has 0 saturated heterocycles. The van der Waals surface area contributed by atoms with Gasteiger partial charge in [0.05, 0.1) is 0 Å². The van der Waals surface area contributed by atoms with Crippen LogP contribution in [0, 0.1) is 0 Å². The molecule has 0 spiro atoms. The molecule has 2 aromatic carbocycles. The van der Waals surface area contributed by atoms with Crippen molar-refractivity contribution in [3.8, 4) is 0 Å². The van der Waals surface area contributed by atoms with Crippen molar-refractivity contribution < 1.29 is 9.59 Å². The normalized spacial score (nSPS) is 10.1. The van der Waals surface area contributed by atoms with E-state index in [1.165, 1.54) is 0 Å². The molecule has 136 valence electrons. The van der Waals surface area contributed by atoms with Crippen LogP contribution in [-0.2, 0) is 6.42 Å². The quantitative estimate of drug-likeness (QED) is 0.627. The molecule has 6 heteroatoms. The predicted octanol–water partition coefficient (Wildman–Crippen LogP) is 3.70. The molecule has 3 amide bonds. The van der Waals surface area contributed by atoms with E-state index in [0.717, 1.165) is 12.0 Å². The van der Waals surface area contributed by atoms with E-state index < -0.39 is 0 Å². The molecular weight excluding hydrogens is 340 g/mol. The Bertz CT molecular complexity index is 881.